The molecule has 2 fully saturated rings. The highest BCUT2D eigenvalue weighted by Gasteiger charge is 2.39. The third kappa shape index (κ3) is 10.3. The Labute approximate surface area is 409 Å². The molecule has 12 rings (SSSR count). The van der Waals surface area contributed by atoms with Gasteiger partial charge < -0.3 is 49.3 Å². The number of nitrogens with one attached hydrogen (secondary N) is 4. The Morgan fingerprint density at radius 3 is 1.74 bits per heavy atom. The summed E-state index contributed by atoms with van der Waals surface area (Å²) in [4.78, 5) is 72.2. The summed E-state index contributed by atoms with van der Waals surface area (Å²) in [7, 11) is 2.57. The summed E-state index contributed by atoms with van der Waals surface area (Å²) >= 11 is 3.21. The van der Waals surface area contributed by atoms with Gasteiger partial charge >= 0.3 is 12.2 Å². The van der Waals surface area contributed by atoms with Crippen LogP contribution in [0.25, 0.3) is 44.3 Å². The number of methoxy groups -OCH3 is 2. The fourth-order valence-electron chi connectivity index (χ4n) is 9.60. The summed E-state index contributed by atoms with van der Waals surface area (Å²) in [6, 6.07) is 24.0. The summed E-state index contributed by atoms with van der Waals surface area (Å²) in [5, 5.41) is 5.41. The summed E-state index contributed by atoms with van der Waals surface area (Å²) in [6.45, 7) is 3.05. The molecule has 4 aliphatic carbocycles. The van der Waals surface area contributed by atoms with Crippen LogP contribution in [0.1, 0.15) is 71.7 Å². The molecule has 6 aliphatic rings. The molecule has 4 aromatic carbocycles. The third-order valence-corrected chi connectivity index (χ3v) is 14.7. The number of H-pyrrole nitrogens is 2. The number of rotatable bonds is 14. The van der Waals surface area contributed by atoms with Crippen LogP contribution in [0.15, 0.2) is 72.8 Å². The predicted molar refractivity (Wildman–Crippen MR) is 268 cm³/mol. The number of imidazole rings is 2. The summed E-state index contributed by atoms with van der Waals surface area (Å²) in [6.07, 6.45) is 6.02. The third-order valence-electron chi connectivity index (χ3n) is 13.4. The smallest absolute Gasteiger partial charge is 0.407 e. The Bertz CT molecular complexity index is 2870. The Hall–Kier alpha value is -6.08. The summed E-state index contributed by atoms with van der Waals surface area (Å²) < 4.78 is 21.2. The molecule has 4 heterocycles. The van der Waals surface area contributed by atoms with Crippen molar-refractivity contribution in [3.63, 3.8) is 0 Å². The van der Waals surface area contributed by atoms with Gasteiger partial charge in [-0.05, 0) is 131 Å². The minimum atomic E-state index is -0.748. The molecular weight excluding hydrogens is 917 g/mol. The number of amides is 4. The molecule has 5 atom stereocenters. The fourth-order valence-corrected chi connectivity index (χ4v) is 10.5. The quantitative estimate of drug-likeness (QED) is 0.0827. The van der Waals surface area contributed by atoms with Crippen molar-refractivity contribution in [2.45, 2.75) is 69.1 Å². The number of nitrogens with zero attached hydrogens (tertiary/aromatic N) is 4. The molecule has 18 heteroatoms. The van der Waals surface area contributed by atoms with Crippen molar-refractivity contribution < 1.29 is 38.1 Å². The highest BCUT2D eigenvalue weighted by Crippen LogP contribution is 2.37. The number of hydrogen-bond donors (Lipinski definition) is 4. The van der Waals surface area contributed by atoms with Crippen LogP contribution in [-0.2, 0) is 47.8 Å². The highest BCUT2D eigenvalue weighted by molar-refractivity contribution is 7.98. The zero-order valence-corrected chi connectivity index (χ0v) is 41.1. The number of fused-ring (bicyclic) bond motifs is 2. The van der Waals surface area contributed by atoms with Crippen molar-refractivity contribution in [2.75, 3.05) is 64.9 Å². The van der Waals surface area contributed by atoms with E-state index in [4.69, 9.17) is 28.9 Å². The zero-order chi connectivity index (χ0) is 48.2. The van der Waals surface area contributed by atoms with Crippen LogP contribution >= 0.6 is 23.5 Å². The minimum Gasteiger partial charge on any atom is -0.453 e. The molecule has 362 valence electrons. The lowest BCUT2D eigenvalue weighted by molar-refractivity contribution is -0.136. The van der Waals surface area contributed by atoms with E-state index in [0.29, 0.717) is 36.0 Å². The number of alkyl carbamates (subject to hydrolysis) is 2. The number of aryl methyl sites for hydroxylation is 2. The molecular formula is C51H58N8O8S2. The summed E-state index contributed by atoms with van der Waals surface area (Å²) in [5.41, 5.74) is 12.8. The van der Waals surface area contributed by atoms with Crippen LogP contribution in [0, 0.1) is 0 Å². The maximum Gasteiger partial charge on any atom is 0.407 e. The second kappa shape index (κ2) is 21.3. The topological polar surface area (TPSA) is 193 Å². The lowest BCUT2D eigenvalue weighted by Crippen LogP contribution is -2.49. The number of ether oxygens (including phenoxy) is 4. The standard InChI is InChI=1S/C51H58N8O8S2/c1-29-20-33-9-7-30(21-36(33)34-12-14-38-42(23-34)54-46(52-38)44-25-66-27-58(44)48(60)40(16-18-68-4)56-50(62)64-2)6-8-31-10-11-32(29)22-37(31)35-13-15-39-43(24-35)55-47(53-39)45-26-67-28-59(45)49(61)41(17-19-69-5)57-51(63)65-3/h7,9-15,21-24,29,40-41,44-45H,6,8,16-20,25-28H2,1-5H3,(H,52,54)(H,53,55)(H,56,62)(H,57,63)/t29-,40+,41+,44+,45+/m1/s1. The van der Waals surface area contributed by atoms with Crippen LogP contribution in [0.5, 0.6) is 0 Å². The molecule has 0 unspecified atom stereocenters. The van der Waals surface area contributed by atoms with Crippen molar-refractivity contribution in [1.82, 2.24) is 40.4 Å². The first-order valence-electron chi connectivity index (χ1n) is 23.2. The maximum atomic E-state index is 13.8. The van der Waals surface area contributed by atoms with Crippen molar-refractivity contribution in [2.24, 2.45) is 0 Å². The van der Waals surface area contributed by atoms with Crippen molar-refractivity contribution >= 4 is 69.6 Å². The van der Waals surface area contributed by atoms with E-state index in [1.165, 1.54) is 47.6 Å². The van der Waals surface area contributed by atoms with Crippen LogP contribution in [-0.4, -0.2) is 131 Å². The molecule has 4 amide bonds. The van der Waals surface area contributed by atoms with E-state index in [0.717, 1.165) is 52.5 Å². The van der Waals surface area contributed by atoms with E-state index < -0.39 is 36.4 Å². The molecule has 2 aromatic heterocycles. The zero-order valence-electron chi connectivity index (χ0n) is 39.5. The van der Waals surface area contributed by atoms with Gasteiger partial charge in [0.1, 0.15) is 49.3 Å². The first-order valence-corrected chi connectivity index (χ1v) is 26.0. The largest absolute Gasteiger partial charge is 0.453 e. The highest BCUT2D eigenvalue weighted by atomic mass is 32.2. The van der Waals surface area contributed by atoms with Crippen LogP contribution < -0.4 is 10.6 Å². The van der Waals surface area contributed by atoms with Crippen LogP contribution in [0.2, 0.25) is 0 Å². The molecule has 4 N–H and O–H groups in total. The number of aromatic amines is 2. The normalized spacial score (nSPS) is 18.8. The number of benzene rings is 4. The number of carbonyl (C=O) groups excluding carboxylic acids is 4. The molecule has 4 bridgehead atoms. The number of hydrogen-bond acceptors (Lipinski definition) is 12. The average Bonchev–Trinajstić information content (AvgIpc) is 4.21. The minimum absolute atomic E-state index is 0.100. The van der Waals surface area contributed by atoms with Gasteiger partial charge in [-0.3, -0.25) is 9.59 Å². The Kier molecular flexibility index (Phi) is 14.8. The van der Waals surface area contributed by atoms with Gasteiger partial charge in [0.25, 0.3) is 0 Å². The Balaban J connectivity index is 0.947. The molecule has 6 aromatic rings. The molecule has 16 nitrogen and oxygen atoms in total. The molecule has 2 aliphatic heterocycles. The lowest BCUT2D eigenvalue weighted by atomic mass is 9.84. The number of carbonyl (C=O) groups is 4. The van der Waals surface area contributed by atoms with E-state index >= 15 is 0 Å². The Morgan fingerprint density at radius 1 is 0.696 bits per heavy atom. The van der Waals surface area contributed by atoms with E-state index in [-0.39, 0.29) is 44.4 Å². The molecule has 0 saturated carbocycles. The Morgan fingerprint density at radius 2 is 1.22 bits per heavy atom. The maximum absolute atomic E-state index is 13.8. The van der Waals surface area contributed by atoms with Crippen molar-refractivity contribution in [3.8, 4) is 22.3 Å². The first-order chi connectivity index (χ1) is 33.5. The molecule has 2 saturated heterocycles. The SMILES string of the molecule is COC(=O)N[C@@H](CCSC)C(=O)N1COC[C@H]1c1nc2cc(-c3cc4ccc3CCc3ccc(c(-c5ccc6[nH]c([C@@H]7COCN7C(=O)[C@H](CCSC)NC(=O)OC)nc6c5)c3)C[C@H]4C)ccc2[nH]1. The predicted octanol–water partition coefficient (Wildman–Crippen LogP) is 7.89. The lowest BCUT2D eigenvalue weighted by Gasteiger charge is -2.26. The van der Waals surface area contributed by atoms with E-state index in [2.05, 4.69) is 100 Å². The molecule has 0 radical (unpaired) electrons. The van der Waals surface area contributed by atoms with Gasteiger partial charge in [-0.2, -0.15) is 23.5 Å². The summed E-state index contributed by atoms with van der Waals surface area (Å²) in [5.74, 6) is 2.37. The molecule has 0 spiro atoms. The van der Waals surface area contributed by atoms with Crippen LogP contribution in [0.4, 0.5) is 9.59 Å². The van der Waals surface area contributed by atoms with Gasteiger partial charge in [-0.15, -0.1) is 0 Å². The van der Waals surface area contributed by atoms with Gasteiger partial charge in [-0.1, -0.05) is 55.5 Å². The van der Waals surface area contributed by atoms with E-state index in [1.54, 1.807) is 33.3 Å². The van der Waals surface area contributed by atoms with Crippen molar-refractivity contribution in [3.05, 3.63) is 107 Å². The van der Waals surface area contributed by atoms with Gasteiger partial charge in [0, 0.05) is 0 Å². The second-order valence-corrected chi connectivity index (χ2v) is 19.8. The second-order valence-electron chi connectivity index (χ2n) is 17.8. The number of aromatic nitrogens is 4. The molecule has 69 heavy (non-hydrogen) atoms. The van der Waals surface area contributed by atoms with Gasteiger partial charge in [-0.25, -0.2) is 19.6 Å². The van der Waals surface area contributed by atoms with Gasteiger partial charge in [0.15, 0.2) is 0 Å². The fraction of sp³-hybridized carbons (Fsp3) is 0.412. The van der Waals surface area contributed by atoms with E-state index in [9.17, 15) is 19.2 Å². The van der Waals surface area contributed by atoms with Crippen LogP contribution in [0.3, 0.4) is 0 Å². The first kappa shape index (κ1) is 48.0. The van der Waals surface area contributed by atoms with Gasteiger partial charge in [0.05, 0.1) is 49.5 Å². The van der Waals surface area contributed by atoms with E-state index in [1.807, 2.05) is 12.5 Å². The van der Waals surface area contributed by atoms with Gasteiger partial charge in [0.2, 0.25) is 11.8 Å². The monoisotopic (exact) mass is 974 g/mol. The number of thioether (sulfide) groups is 2. The van der Waals surface area contributed by atoms with Crippen molar-refractivity contribution in [1.29, 1.82) is 0 Å². The average molecular weight is 975 g/mol.